The zero-order valence-electron chi connectivity index (χ0n) is 7.26. The second-order valence-corrected chi connectivity index (χ2v) is 4.56. The molecular weight excluding hydrogens is 277 g/mol. The van der Waals surface area contributed by atoms with E-state index in [4.69, 9.17) is 0 Å². The van der Waals surface area contributed by atoms with Crippen LogP contribution in [0.25, 0.3) is 0 Å². The average molecular weight is 289 g/mol. The van der Waals surface area contributed by atoms with Gasteiger partial charge < -0.3 is 10.4 Å². The highest BCUT2D eigenvalue weighted by Gasteiger charge is 2.16. The molecule has 1 saturated heterocycles. The van der Waals surface area contributed by atoms with Gasteiger partial charge in [-0.25, -0.2) is 0 Å². The van der Waals surface area contributed by atoms with E-state index in [2.05, 4.69) is 34.0 Å². The van der Waals surface area contributed by atoms with Gasteiger partial charge in [0, 0.05) is 6.54 Å². The first-order valence-electron chi connectivity index (χ1n) is 4.46. The summed E-state index contributed by atoms with van der Waals surface area (Å²) in [5, 5.41) is 12.7. The van der Waals surface area contributed by atoms with Crippen molar-refractivity contribution in [1.82, 2.24) is 5.32 Å². The van der Waals surface area contributed by atoms with Crippen molar-refractivity contribution in [2.24, 2.45) is 0 Å². The van der Waals surface area contributed by atoms with Crippen molar-refractivity contribution in [3.8, 4) is 5.75 Å². The molecule has 0 aromatic heterocycles. The number of phenols is 1. The molecule has 0 amide bonds. The Morgan fingerprint density at radius 3 is 2.92 bits per heavy atom. The lowest BCUT2D eigenvalue weighted by Crippen LogP contribution is -2.07. The van der Waals surface area contributed by atoms with E-state index in [1.54, 1.807) is 6.07 Å². The van der Waals surface area contributed by atoms with Crippen molar-refractivity contribution in [2.75, 3.05) is 13.1 Å². The Morgan fingerprint density at radius 2 is 2.31 bits per heavy atom. The van der Waals surface area contributed by atoms with Gasteiger partial charge in [0.25, 0.3) is 0 Å². The van der Waals surface area contributed by atoms with Gasteiger partial charge in [-0.15, -0.1) is 0 Å². The van der Waals surface area contributed by atoms with Gasteiger partial charge in [0.05, 0.1) is 3.57 Å². The number of aromatic hydroxyl groups is 1. The van der Waals surface area contributed by atoms with Crippen LogP contribution in [0, 0.1) is 3.57 Å². The number of phenolic OH excluding ortho intramolecular Hbond substituents is 1. The van der Waals surface area contributed by atoms with Gasteiger partial charge in [-0.05, 0) is 59.2 Å². The summed E-state index contributed by atoms with van der Waals surface area (Å²) in [7, 11) is 0. The molecule has 0 unspecified atom stereocenters. The molecule has 1 heterocycles. The number of benzene rings is 1. The summed E-state index contributed by atoms with van der Waals surface area (Å²) in [6.45, 7) is 2.18. The smallest absolute Gasteiger partial charge is 0.128 e. The molecule has 1 aromatic rings. The average Bonchev–Trinajstić information content (AvgIpc) is 2.62. The van der Waals surface area contributed by atoms with Crippen molar-refractivity contribution < 1.29 is 5.11 Å². The van der Waals surface area contributed by atoms with Gasteiger partial charge in [-0.3, -0.25) is 0 Å². The van der Waals surface area contributed by atoms with Crippen LogP contribution < -0.4 is 5.32 Å². The Balaban J connectivity index is 2.25. The van der Waals surface area contributed by atoms with E-state index in [0.717, 1.165) is 16.7 Å². The van der Waals surface area contributed by atoms with Crippen LogP contribution in [0.4, 0.5) is 0 Å². The monoisotopic (exact) mass is 289 g/mol. The summed E-state index contributed by atoms with van der Waals surface area (Å²) in [5.74, 6) is 1.02. The van der Waals surface area contributed by atoms with E-state index in [9.17, 15) is 5.11 Å². The highest BCUT2D eigenvalue weighted by molar-refractivity contribution is 14.1. The predicted octanol–water partition coefficient (Wildman–Crippen LogP) is 2.07. The van der Waals surface area contributed by atoms with Crippen molar-refractivity contribution in [2.45, 2.75) is 12.3 Å². The fourth-order valence-corrected chi connectivity index (χ4v) is 2.26. The molecule has 1 aliphatic rings. The fraction of sp³-hybridized carbons (Fsp3) is 0.400. The van der Waals surface area contributed by atoms with Crippen molar-refractivity contribution in [3.63, 3.8) is 0 Å². The zero-order chi connectivity index (χ0) is 9.26. The molecule has 1 aliphatic heterocycles. The predicted molar refractivity (Wildman–Crippen MR) is 61.1 cm³/mol. The van der Waals surface area contributed by atoms with Crippen LogP contribution in [0.5, 0.6) is 5.75 Å². The molecule has 70 valence electrons. The molecule has 0 bridgehead atoms. The highest BCUT2D eigenvalue weighted by Crippen LogP contribution is 2.27. The van der Waals surface area contributed by atoms with Gasteiger partial charge in [-0.2, -0.15) is 0 Å². The van der Waals surface area contributed by atoms with Gasteiger partial charge in [0.1, 0.15) is 5.75 Å². The summed E-state index contributed by atoms with van der Waals surface area (Å²) >= 11 is 2.17. The highest BCUT2D eigenvalue weighted by atomic mass is 127. The van der Waals surface area contributed by atoms with Gasteiger partial charge >= 0.3 is 0 Å². The molecule has 1 fully saturated rings. The third kappa shape index (κ3) is 1.96. The van der Waals surface area contributed by atoms with Crippen LogP contribution in [0.15, 0.2) is 18.2 Å². The van der Waals surface area contributed by atoms with Crippen LogP contribution in [0.3, 0.4) is 0 Å². The Bertz CT molecular complexity index is 308. The SMILES string of the molecule is Oc1ccc([C@@H]2CCNC2)cc1I. The largest absolute Gasteiger partial charge is 0.507 e. The molecule has 13 heavy (non-hydrogen) atoms. The van der Waals surface area contributed by atoms with Gasteiger partial charge in [0.2, 0.25) is 0 Å². The minimum absolute atomic E-state index is 0.385. The summed E-state index contributed by atoms with van der Waals surface area (Å²) in [5.41, 5.74) is 1.34. The summed E-state index contributed by atoms with van der Waals surface area (Å²) < 4.78 is 0.946. The first-order chi connectivity index (χ1) is 6.27. The zero-order valence-corrected chi connectivity index (χ0v) is 9.41. The standard InChI is InChI=1S/C10H12INO/c11-9-5-7(1-2-10(9)13)8-3-4-12-6-8/h1-2,5,8,12-13H,3-4,6H2/t8-/m1/s1. The molecule has 0 saturated carbocycles. The molecule has 0 radical (unpaired) electrons. The molecular formula is C10H12INO. The molecule has 1 aromatic carbocycles. The first kappa shape index (κ1) is 9.27. The number of nitrogens with one attached hydrogen (secondary N) is 1. The maximum atomic E-state index is 9.36. The molecule has 2 rings (SSSR count). The summed E-state index contributed by atoms with van der Waals surface area (Å²) in [6.07, 6.45) is 1.21. The number of rotatable bonds is 1. The van der Waals surface area contributed by atoms with E-state index < -0.39 is 0 Å². The van der Waals surface area contributed by atoms with E-state index in [-0.39, 0.29) is 0 Å². The minimum Gasteiger partial charge on any atom is -0.507 e. The first-order valence-corrected chi connectivity index (χ1v) is 5.54. The lowest BCUT2D eigenvalue weighted by atomic mass is 9.99. The van der Waals surface area contributed by atoms with Crippen LogP contribution in [-0.2, 0) is 0 Å². The maximum absolute atomic E-state index is 9.36. The van der Waals surface area contributed by atoms with Crippen molar-refractivity contribution in [1.29, 1.82) is 0 Å². The molecule has 2 nitrogen and oxygen atoms in total. The van der Waals surface area contributed by atoms with E-state index in [1.165, 1.54) is 12.0 Å². The van der Waals surface area contributed by atoms with E-state index in [0.29, 0.717) is 11.7 Å². The number of hydrogen-bond donors (Lipinski definition) is 2. The van der Waals surface area contributed by atoms with Crippen LogP contribution in [-0.4, -0.2) is 18.2 Å². The van der Waals surface area contributed by atoms with Crippen LogP contribution >= 0.6 is 22.6 Å². The lowest BCUT2D eigenvalue weighted by molar-refractivity contribution is 0.471. The quantitative estimate of drug-likeness (QED) is 0.776. The Hall–Kier alpha value is -0.290. The molecule has 2 N–H and O–H groups in total. The third-order valence-corrected chi connectivity index (χ3v) is 3.37. The van der Waals surface area contributed by atoms with E-state index >= 15 is 0 Å². The minimum atomic E-state index is 0.385. The molecule has 3 heteroatoms. The van der Waals surface area contributed by atoms with Crippen LogP contribution in [0.2, 0.25) is 0 Å². The second kappa shape index (κ2) is 3.84. The Labute approximate surface area is 91.5 Å². The van der Waals surface area contributed by atoms with Crippen LogP contribution in [0.1, 0.15) is 17.9 Å². The number of hydrogen-bond acceptors (Lipinski definition) is 2. The maximum Gasteiger partial charge on any atom is 0.128 e. The van der Waals surface area contributed by atoms with Gasteiger partial charge in [0.15, 0.2) is 0 Å². The molecule has 0 aliphatic carbocycles. The Morgan fingerprint density at radius 1 is 1.46 bits per heavy atom. The molecule has 0 spiro atoms. The van der Waals surface area contributed by atoms with E-state index in [1.807, 2.05) is 6.07 Å². The Kier molecular flexibility index (Phi) is 2.74. The normalized spacial score (nSPS) is 22.1. The summed E-state index contributed by atoms with van der Waals surface area (Å²) in [4.78, 5) is 0. The topological polar surface area (TPSA) is 32.3 Å². The fourth-order valence-electron chi connectivity index (χ4n) is 1.72. The van der Waals surface area contributed by atoms with Crippen molar-refractivity contribution >= 4 is 22.6 Å². The molecule has 1 atom stereocenters. The van der Waals surface area contributed by atoms with Crippen molar-refractivity contribution in [3.05, 3.63) is 27.3 Å². The lowest BCUT2D eigenvalue weighted by Gasteiger charge is -2.09. The third-order valence-electron chi connectivity index (χ3n) is 2.50. The number of halogens is 1. The van der Waals surface area contributed by atoms with Gasteiger partial charge in [-0.1, -0.05) is 6.07 Å². The second-order valence-electron chi connectivity index (χ2n) is 3.40. The summed E-state index contributed by atoms with van der Waals surface area (Å²) in [6, 6.07) is 5.89.